The normalized spacial score (nSPS) is 11.6. The number of rotatable bonds is 5. The van der Waals surface area contributed by atoms with Crippen LogP contribution in [0.4, 0.5) is 0 Å². The van der Waals surface area contributed by atoms with Gasteiger partial charge in [0.15, 0.2) is 17.5 Å². The van der Waals surface area contributed by atoms with E-state index < -0.39 is 0 Å². The van der Waals surface area contributed by atoms with Crippen molar-refractivity contribution in [1.82, 2.24) is 15.0 Å². The quantitative estimate of drug-likeness (QED) is 0.131. The van der Waals surface area contributed by atoms with Gasteiger partial charge in [0.2, 0.25) is 0 Å². The van der Waals surface area contributed by atoms with E-state index in [1.54, 1.807) is 0 Å². The van der Waals surface area contributed by atoms with Crippen molar-refractivity contribution in [2.75, 3.05) is 0 Å². The van der Waals surface area contributed by atoms with E-state index in [2.05, 4.69) is 170 Å². The molecule has 0 bridgehead atoms. The molecule has 0 radical (unpaired) electrons. The summed E-state index contributed by atoms with van der Waals surface area (Å²) in [7, 11) is 0. The summed E-state index contributed by atoms with van der Waals surface area (Å²) in [6, 6.07) is 67.0. The molecular formula is C51H31N3S. The number of benzene rings is 9. The highest BCUT2D eigenvalue weighted by Gasteiger charge is 2.18. The van der Waals surface area contributed by atoms with E-state index in [4.69, 9.17) is 15.0 Å². The predicted octanol–water partition coefficient (Wildman–Crippen LogP) is 14.0. The topological polar surface area (TPSA) is 38.7 Å². The Kier molecular flexibility index (Phi) is 7.35. The Labute approximate surface area is 321 Å². The molecule has 256 valence electrons. The van der Waals surface area contributed by atoms with Crippen molar-refractivity contribution in [2.45, 2.75) is 0 Å². The van der Waals surface area contributed by atoms with Crippen molar-refractivity contribution in [1.29, 1.82) is 0 Å². The highest BCUT2D eigenvalue weighted by Crippen LogP contribution is 2.41. The number of hydrogen-bond donors (Lipinski definition) is 0. The third-order valence-corrected chi connectivity index (χ3v) is 11.9. The molecule has 11 rings (SSSR count). The average molecular weight is 718 g/mol. The summed E-state index contributed by atoms with van der Waals surface area (Å²) in [4.78, 5) is 15.4. The van der Waals surface area contributed by atoms with E-state index in [0.29, 0.717) is 17.5 Å². The monoisotopic (exact) mass is 717 g/mol. The van der Waals surface area contributed by atoms with E-state index in [1.165, 1.54) is 58.1 Å². The first-order valence-electron chi connectivity index (χ1n) is 18.5. The van der Waals surface area contributed by atoms with Crippen LogP contribution in [0.5, 0.6) is 0 Å². The van der Waals surface area contributed by atoms with Gasteiger partial charge in [-0.05, 0) is 78.8 Å². The van der Waals surface area contributed by atoms with Crippen LogP contribution < -0.4 is 0 Å². The molecule has 0 aliphatic heterocycles. The van der Waals surface area contributed by atoms with E-state index in [1.807, 2.05) is 29.5 Å². The molecule has 0 fully saturated rings. The maximum atomic E-state index is 5.20. The van der Waals surface area contributed by atoms with Crippen LogP contribution in [0.15, 0.2) is 188 Å². The van der Waals surface area contributed by atoms with Crippen LogP contribution in [0.3, 0.4) is 0 Å². The summed E-state index contributed by atoms with van der Waals surface area (Å²) in [5.41, 5.74) is 7.45. The molecule has 2 heterocycles. The molecule has 2 aromatic heterocycles. The molecule has 0 unspecified atom stereocenters. The van der Waals surface area contributed by atoms with Gasteiger partial charge in [0.1, 0.15) is 0 Å². The first-order valence-corrected chi connectivity index (χ1v) is 19.3. The van der Waals surface area contributed by atoms with Crippen molar-refractivity contribution in [3.63, 3.8) is 0 Å². The standard InChI is InChI=1S/C51H31N3S/c1-2-13-34(14-3-1)49-52-50(54-51(53-49)43-20-9-8-17-39(43)37-27-29-47-45(31-37)41-19-10-11-21-46(41)55-47)35-24-22-33(23-25-35)48-40-18-7-5-15-36(40)30-44-38-16-6-4-12-32(38)26-28-42(44)48/h1-31H. The van der Waals surface area contributed by atoms with Gasteiger partial charge in [0.25, 0.3) is 0 Å². The van der Waals surface area contributed by atoms with Gasteiger partial charge in [0, 0.05) is 36.9 Å². The Bertz CT molecular complexity index is 3260. The number of thiophene rings is 1. The van der Waals surface area contributed by atoms with E-state index in [-0.39, 0.29) is 0 Å². The number of nitrogens with zero attached hydrogens (tertiary/aromatic N) is 3. The second-order valence-corrected chi connectivity index (χ2v) is 15.0. The fraction of sp³-hybridized carbons (Fsp3) is 0. The Hall–Kier alpha value is -7.01. The Balaban J connectivity index is 1.06. The minimum absolute atomic E-state index is 0.637. The fourth-order valence-corrected chi connectivity index (χ4v) is 9.17. The van der Waals surface area contributed by atoms with Crippen LogP contribution in [0.25, 0.3) is 109 Å². The van der Waals surface area contributed by atoms with Gasteiger partial charge in [-0.1, -0.05) is 164 Å². The molecule has 0 atom stereocenters. The second kappa shape index (κ2) is 12.8. The van der Waals surface area contributed by atoms with Crippen molar-refractivity contribution in [2.24, 2.45) is 0 Å². The molecule has 0 N–H and O–H groups in total. The summed E-state index contributed by atoms with van der Waals surface area (Å²) in [5, 5.41) is 10.0. The molecular weight excluding hydrogens is 687 g/mol. The molecule has 11 aromatic rings. The molecule has 0 aliphatic carbocycles. The molecule has 0 amide bonds. The Morgan fingerprint density at radius 1 is 0.291 bits per heavy atom. The largest absolute Gasteiger partial charge is 0.208 e. The maximum absolute atomic E-state index is 5.20. The molecule has 9 aromatic carbocycles. The molecule has 0 saturated heterocycles. The summed E-state index contributed by atoms with van der Waals surface area (Å²) in [6.45, 7) is 0. The van der Waals surface area contributed by atoms with Crippen LogP contribution in [0, 0.1) is 0 Å². The maximum Gasteiger partial charge on any atom is 0.164 e. The molecule has 3 nitrogen and oxygen atoms in total. The van der Waals surface area contributed by atoms with Crippen molar-refractivity contribution < 1.29 is 0 Å². The van der Waals surface area contributed by atoms with E-state index >= 15 is 0 Å². The second-order valence-electron chi connectivity index (χ2n) is 14.0. The van der Waals surface area contributed by atoms with Crippen molar-refractivity contribution >= 4 is 63.8 Å². The fourth-order valence-electron chi connectivity index (χ4n) is 8.08. The lowest BCUT2D eigenvalue weighted by Gasteiger charge is -2.15. The molecule has 0 aliphatic rings. The SMILES string of the molecule is c1ccc(-c2nc(-c3ccc(-c4c5ccccc5cc5c4ccc4ccccc45)cc3)nc(-c3ccccc3-c3ccc4sc5ccccc5c4c3)n2)cc1. The first kappa shape index (κ1) is 31.5. The zero-order valence-corrected chi connectivity index (χ0v) is 30.5. The van der Waals surface area contributed by atoms with Crippen LogP contribution in [-0.2, 0) is 0 Å². The summed E-state index contributed by atoms with van der Waals surface area (Å²) in [5.74, 6) is 1.93. The zero-order chi connectivity index (χ0) is 36.3. The predicted molar refractivity (Wildman–Crippen MR) is 232 cm³/mol. The zero-order valence-electron chi connectivity index (χ0n) is 29.6. The Morgan fingerprint density at radius 3 is 1.69 bits per heavy atom. The summed E-state index contributed by atoms with van der Waals surface area (Å²) in [6.07, 6.45) is 0. The smallest absolute Gasteiger partial charge is 0.164 e. The number of aromatic nitrogens is 3. The van der Waals surface area contributed by atoms with Gasteiger partial charge in [-0.15, -0.1) is 11.3 Å². The Morgan fingerprint density at radius 2 is 0.873 bits per heavy atom. The molecule has 0 spiro atoms. The number of fused-ring (bicyclic) bond motifs is 7. The van der Waals surface area contributed by atoms with Gasteiger partial charge in [-0.3, -0.25) is 0 Å². The first-order chi connectivity index (χ1) is 27.2. The van der Waals surface area contributed by atoms with E-state index in [9.17, 15) is 0 Å². The van der Waals surface area contributed by atoms with Gasteiger partial charge < -0.3 is 0 Å². The molecule has 55 heavy (non-hydrogen) atoms. The van der Waals surface area contributed by atoms with Crippen molar-refractivity contribution in [3.05, 3.63) is 188 Å². The average Bonchev–Trinajstić information content (AvgIpc) is 3.64. The molecule has 4 heteroatoms. The lowest BCUT2D eigenvalue weighted by molar-refractivity contribution is 1.07. The number of hydrogen-bond acceptors (Lipinski definition) is 4. The van der Waals surface area contributed by atoms with Crippen molar-refractivity contribution in [3.8, 4) is 56.4 Å². The molecule has 0 saturated carbocycles. The lowest BCUT2D eigenvalue weighted by atomic mass is 9.89. The van der Waals surface area contributed by atoms with Gasteiger partial charge >= 0.3 is 0 Å². The van der Waals surface area contributed by atoms with E-state index in [0.717, 1.165) is 33.4 Å². The van der Waals surface area contributed by atoms with Gasteiger partial charge in [-0.2, -0.15) is 0 Å². The van der Waals surface area contributed by atoms with Crippen LogP contribution in [-0.4, -0.2) is 15.0 Å². The third-order valence-electron chi connectivity index (χ3n) is 10.7. The van der Waals surface area contributed by atoms with Gasteiger partial charge in [-0.25, -0.2) is 15.0 Å². The summed E-state index contributed by atoms with van der Waals surface area (Å²) < 4.78 is 2.58. The van der Waals surface area contributed by atoms with Gasteiger partial charge in [0.05, 0.1) is 0 Å². The highest BCUT2D eigenvalue weighted by atomic mass is 32.1. The lowest BCUT2D eigenvalue weighted by Crippen LogP contribution is -2.01. The minimum Gasteiger partial charge on any atom is -0.208 e. The highest BCUT2D eigenvalue weighted by molar-refractivity contribution is 7.25. The minimum atomic E-state index is 0.637. The third kappa shape index (κ3) is 5.38. The van der Waals surface area contributed by atoms with Crippen LogP contribution in [0.2, 0.25) is 0 Å². The van der Waals surface area contributed by atoms with Crippen LogP contribution >= 0.6 is 11.3 Å². The van der Waals surface area contributed by atoms with Crippen LogP contribution in [0.1, 0.15) is 0 Å². The summed E-state index contributed by atoms with van der Waals surface area (Å²) >= 11 is 1.83.